The van der Waals surface area contributed by atoms with Crippen LogP contribution in [0.5, 0.6) is 0 Å². The van der Waals surface area contributed by atoms with Gasteiger partial charge in [0, 0.05) is 43.7 Å². The van der Waals surface area contributed by atoms with E-state index in [4.69, 9.17) is 4.74 Å². The predicted octanol–water partition coefficient (Wildman–Crippen LogP) is 4.27. The highest BCUT2D eigenvalue weighted by Crippen LogP contribution is 2.51. The smallest absolute Gasteiger partial charge is 0.449 e. The number of hydrogen-bond donors (Lipinski definition) is 0. The van der Waals surface area contributed by atoms with Crippen molar-refractivity contribution in [3.8, 4) is 0 Å². The van der Waals surface area contributed by atoms with Gasteiger partial charge >= 0.3 is 6.18 Å². The summed E-state index contributed by atoms with van der Waals surface area (Å²) in [5, 5.41) is 0. The molecule has 3 aliphatic heterocycles. The lowest BCUT2D eigenvalue weighted by molar-refractivity contribution is -0.198. The fraction of sp³-hybridized carbons (Fsp3) is 0.789. The van der Waals surface area contributed by atoms with Crippen LogP contribution in [-0.4, -0.2) is 54.6 Å². The van der Waals surface area contributed by atoms with Crippen LogP contribution in [0.4, 0.5) is 13.2 Å². The highest BCUT2D eigenvalue weighted by Gasteiger charge is 2.53. The monoisotopic (exact) mass is 402 g/mol. The summed E-state index contributed by atoms with van der Waals surface area (Å²) in [6.45, 7) is 6.16. The molecule has 1 aromatic heterocycles. The van der Waals surface area contributed by atoms with Crippen molar-refractivity contribution in [3.05, 3.63) is 18.1 Å². The van der Waals surface area contributed by atoms with Crippen molar-refractivity contribution in [2.75, 3.05) is 39.4 Å². The second kappa shape index (κ2) is 6.40. The van der Waals surface area contributed by atoms with Crippen LogP contribution >= 0.6 is 11.9 Å². The SMILES string of the molecule is FC(F)(F)c1cc(SN2CCC3(CCC(N4CC5(COC5)C4)C3)CC2)co1. The molecule has 1 unspecified atom stereocenters. The molecule has 4 fully saturated rings. The number of furan rings is 1. The Bertz CT molecular complexity index is 687. The Hall–Kier alpha value is -0.700. The van der Waals surface area contributed by atoms with Crippen LogP contribution in [0.25, 0.3) is 0 Å². The van der Waals surface area contributed by atoms with E-state index >= 15 is 0 Å². The van der Waals surface area contributed by atoms with E-state index in [1.807, 2.05) is 0 Å². The van der Waals surface area contributed by atoms with Crippen LogP contribution in [0.15, 0.2) is 21.6 Å². The average molecular weight is 402 g/mol. The van der Waals surface area contributed by atoms with Crippen molar-refractivity contribution in [2.45, 2.75) is 49.2 Å². The zero-order chi connectivity index (χ0) is 18.7. The first-order valence-corrected chi connectivity index (χ1v) is 10.5. The second-order valence-corrected chi connectivity index (χ2v) is 10.1. The van der Waals surface area contributed by atoms with Gasteiger partial charge in [0.25, 0.3) is 0 Å². The van der Waals surface area contributed by atoms with Gasteiger partial charge in [0.1, 0.15) is 6.26 Å². The van der Waals surface area contributed by atoms with Gasteiger partial charge < -0.3 is 9.15 Å². The van der Waals surface area contributed by atoms with Gasteiger partial charge in [-0.05, 0) is 49.5 Å². The lowest BCUT2D eigenvalue weighted by atomic mass is 9.75. The van der Waals surface area contributed by atoms with Crippen LogP contribution in [0.2, 0.25) is 0 Å². The maximum Gasteiger partial charge on any atom is 0.449 e. The van der Waals surface area contributed by atoms with E-state index in [0.717, 1.165) is 51.3 Å². The Labute approximate surface area is 161 Å². The molecular weight excluding hydrogens is 377 g/mol. The number of likely N-dealkylation sites (tertiary alicyclic amines) is 1. The standard InChI is InChI=1S/C19H25F3N2O2S/c20-19(21,22)16-7-15(9-26-16)27-24-5-3-17(4-6-24)2-1-14(8-17)23-10-18(11-23)12-25-13-18/h7,9,14H,1-6,8,10-13H2. The normalized spacial score (nSPS) is 30.6. The maximum atomic E-state index is 12.7. The Morgan fingerprint density at radius 1 is 1.07 bits per heavy atom. The number of ether oxygens (including phenoxy) is 1. The molecule has 1 aromatic rings. The number of nitrogens with zero attached hydrogens (tertiary/aromatic N) is 2. The minimum absolute atomic E-state index is 0.439. The van der Waals surface area contributed by atoms with E-state index in [0.29, 0.717) is 15.7 Å². The summed E-state index contributed by atoms with van der Waals surface area (Å²) >= 11 is 1.39. The molecule has 0 N–H and O–H groups in total. The van der Waals surface area contributed by atoms with Crippen LogP contribution in [0.3, 0.4) is 0 Å². The first-order valence-electron chi connectivity index (χ1n) is 9.75. The summed E-state index contributed by atoms with van der Waals surface area (Å²) in [4.78, 5) is 3.19. The highest BCUT2D eigenvalue weighted by atomic mass is 32.2. The quantitative estimate of drug-likeness (QED) is 0.704. The van der Waals surface area contributed by atoms with E-state index in [1.165, 1.54) is 50.6 Å². The molecule has 1 atom stereocenters. The first-order chi connectivity index (χ1) is 12.8. The van der Waals surface area contributed by atoms with E-state index < -0.39 is 11.9 Å². The molecule has 0 radical (unpaired) electrons. The number of alkyl halides is 3. The fourth-order valence-corrected chi connectivity index (χ4v) is 6.22. The first kappa shape index (κ1) is 18.3. The molecule has 1 saturated carbocycles. The predicted molar refractivity (Wildman–Crippen MR) is 95.3 cm³/mol. The number of piperidine rings is 1. The van der Waals surface area contributed by atoms with Gasteiger partial charge in [0.15, 0.2) is 0 Å². The Morgan fingerprint density at radius 2 is 1.81 bits per heavy atom. The number of rotatable bonds is 3. The largest absolute Gasteiger partial charge is 0.459 e. The van der Waals surface area contributed by atoms with E-state index in [2.05, 4.69) is 13.6 Å². The van der Waals surface area contributed by atoms with Crippen LogP contribution in [0.1, 0.15) is 37.9 Å². The van der Waals surface area contributed by atoms with E-state index in [9.17, 15) is 13.2 Å². The Kier molecular flexibility index (Phi) is 4.35. The van der Waals surface area contributed by atoms with Crippen molar-refractivity contribution < 1.29 is 22.3 Å². The summed E-state index contributed by atoms with van der Waals surface area (Å²) in [6, 6.07) is 1.82. The summed E-state index contributed by atoms with van der Waals surface area (Å²) in [7, 11) is 0. The van der Waals surface area contributed by atoms with E-state index in [-0.39, 0.29) is 0 Å². The molecule has 5 rings (SSSR count). The summed E-state index contributed by atoms with van der Waals surface area (Å²) in [5.74, 6) is -0.915. The van der Waals surface area contributed by atoms with Gasteiger partial charge in [-0.25, -0.2) is 4.31 Å². The second-order valence-electron chi connectivity index (χ2n) is 8.96. The van der Waals surface area contributed by atoms with Gasteiger partial charge in [0.05, 0.1) is 18.1 Å². The topological polar surface area (TPSA) is 28.9 Å². The fourth-order valence-electron chi connectivity index (χ4n) is 5.31. The Balaban J connectivity index is 1.11. The summed E-state index contributed by atoms with van der Waals surface area (Å²) in [5.41, 5.74) is 0.920. The van der Waals surface area contributed by atoms with Crippen molar-refractivity contribution >= 4 is 11.9 Å². The van der Waals surface area contributed by atoms with Crippen molar-refractivity contribution in [1.29, 1.82) is 0 Å². The molecule has 2 spiro atoms. The lowest BCUT2D eigenvalue weighted by Gasteiger charge is -2.57. The lowest BCUT2D eigenvalue weighted by Crippen LogP contribution is -2.67. The zero-order valence-corrected chi connectivity index (χ0v) is 16.1. The van der Waals surface area contributed by atoms with Crippen molar-refractivity contribution in [3.63, 3.8) is 0 Å². The van der Waals surface area contributed by atoms with Gasteiger partial charge in [-0.1, -0.05) is 0 Å². The average Bonchev–Trinajstić information content (AvgIpc) is 3.15. The molecule has 4 aliphatic rings. The van der Waals surface area contributed by atoms with Crippen LogP contribution < -0.4 is 0 Å². The van der Waals surface area contributed by atoms with Crippen LogP contribution in [-0.2, 0) is 10.9 Å². The third kappa shape index (κ3) is 3.43. The van der Waals surface area contributed by atoms with Crippen molar-refractivity contribution in [1.82, 2.24) is 9.21 Å². The molecule has 4 heterocycles. The highest BCUT2D eigenvalue weighted by molar-refractivity contribution is 7.97. The third-order valence-corrected chi connectivity index (χ3v) is 8.01. The number of halogens is 3. The van der Waals surface area contributed by atoms with E-state index in [1.54, 1.807) is 0 Å². The molecule has 150 valence electrons. The van der Waals surface area contributed by atoms with Crippen molar-refractivity contribution in [2.24, 2.45) is 10.8 Å². The molecule has 4 nitrogen and oxygen atoms in total. The minimum atomic E-state index is -4.41. The summed E-state index contributed by atoms with van der Waals surface area (Å²) < 4.78 is 50.2. The van der Waals surface area contributed by atoms with Gasteiger partial charge in [-0.15, -0.1) is 0 Å². The molecular formula is C19H25F3N2O2S. The molecule has 1 aliphatic carbocycles. The van der Waals surface area contributed by atoms with Gasteiger partial charge in [-0.3, -0.25) is 4.90 Å². The molecule has 0 amide bonds. The maximum absolute atomic E-state index is 12.7. The molecule has 8 heteroatoms. The zero-order valence-electron chi connectivity index (χ0n) is 15.3. The van der Waals surface area contributed by atoms with Gasteiger partial charge in [0.2, 0.25) is 5.76 Å². The van der Waals surface area contributed by atoms with Crippen LogP contribution in [0, 0.1) is 10.8 Å². The third-order valence-electron chi connectivity index (χ3n) is 6.96. The molecule has 3 saturated heterocycles. The van der Waals surface area contributed by atoms with Gasteiger partial charge in [-0.2, -0.15) is 13.2 Å². The summed E-state index contributed by atoms with van der Waals surface area (Å²) in [6.07, 6.45) is 2.95. The Morgan fingerprint density at radius 3 is 2.41 bits per heavy atom. The minimum Gasteiger partial charge on any atom is -0.459 e. The molecule has 0 aromatic carbocycles. The number of hydrogen-bond acceptors (Lipinski definition) is 5. The molecule has 27 heavy (non-hydrogen) atoms. The molecule has 0 bridgehead atoms.